The molecular formula is C27H24F3N3O4. The maximum atomic E-state index is 13.6. The Bertz CT molecular complexity index is 1330. The fourth-order valence-electron chi connectivity index (χ4n) is 4.22. The van der Waals surface area contributed by atoms with E-state index < -0.39 is 41.5 Å². The third-order valence-corrected chi connectivity index (χ3v) is 6.11. The van der Waals surface area contributed by atoms with Gasteiger partial charge in [-0.15, -0.1) is 18.3 Å². The lowest BCUT2D eigenvalue weighted by molar-refractivity contribution is -0.274. The fourth-order valence-corrected chi connectivity index (χ4v) is 4.22. The lowest BCUT2D eigenvalue weighted by Gasteiger charge is -2.26. The number of alkyl halides is 3. The summed E-state index contributed by atoms with van der Waals surface area (Å²) in [6.45, 7) is 7.75. The molecule has 37 heavy (non-hydrogen) atoms. The Morgan fingerprint density at radius 3 is 2.03 bits per heavy atom. The minimum atomic E-state index is -4.89. The smallest absolute Gasteiger partial charge is 0.406 e. The van der Waals surface area contributed by atoms with Crippen LogP contribution in [0, 0.1) is 12.8 Å². The first-order chi connectivity index (χ1) is 17.3. The van der Waals surface area contributed by atoms with Crippen LogP contribution in [0.2, 0.25) is 0 Å². The zero-order valence-corrected chi connectivity index (χ0v) is 20.5. The van der Waals surface area contributed by atoms with Crippen molar-refractivity contribution in [2.24, 2.45) is 5.92 Å². The van der Waals surface area contributed by atoms with Gasteiger partial charge in [0.1, 0.15) is 11.7 Å². The summed E-state index contributed by atoms with van der Waals surface area (Å²) in [7, 11) is 0. The van der Waals surface area contributed by atoms with Crippen molar-refractivity contribution in [2.45, 2.75) is 45.5 Å². The number of anilines is 1. The molecular weight excluding hydrogens is 487 g/mol. The molecule has 0 radical (unpaired) electrons. The third kappa shape index (κ3) is 5.37. The van der Waals surface area contributed by atoms with Gasteiger partial charge < -0.3 is 4.74 Å². The standard InChI is InChI=1S/C27H24F3N3O4/c1-15-5-14-20(32-31-15)33-22(16-8-12-19(13-9-16)37-27(28,29)30)21(24(35)25(33)36)23(34)17-6-10-18(11-7-17)26(2,3)4/h5-14,21-22H,1-4H3. The fraction of sp³-hybridized carbons (Fsp3) is 0.296. The zero-order chi connectivity index (χ0) is 27.1. The van der Waals surface area contributed by atoms with Gasteiger partial charge in [0.05, 0.1) is 11.7 Å². The van der Waals surface area contributed by atoms with Crippen molar-refractivity contribution in [1.29, 1.82) is 0 Å². The summed E-state index contributed by atoms with van der Waals surface area (Å²) in [4.78, 5) is 41.0. The number of hydrogen-bond acceptors (Lipinski definition) is 6. The number of ketones is 2. The Morgan fingerprint density at radius 1 is 0.892 bits per heavy atom. The Labute approximate surface area is 211 Å². The summed E-state index contributed by atoms with van der Waals surface area (Å²) in [6.07, 6.45) is -4.89. The van der Waals surface area contributed by atoms with Gasteiger partial charge in [0.25, 0.3) is 5.91 Å². The van der Waals surface area contributed by atoms with Crippen molar-refractivity contribution >= 4 is 23.3 Å². The molecule has 1 saturated heterocycles. The molecule has 2 aromatic carbocycles. The van der Waals surface area contributed by atoms with E-state index in [2.05, 4.69) is 14.9 Å². The SMILES string of the molecule is Cc1ccc(N2C(=O)C(=O)C(C(=O)c3ccc(C(C)(C)C)cc3)C2c2ccc(OC(F)(F)F)cc2)nn1. The molecule has 2 atom stereocenters. The first kappa shape index (κ1) is 26.0. The second kappa shape index (κ2) is 9.42. The first-order valence-electron chi connectivity index (χ1n) is 11.4. The molecule has 1 amide bonds. The zero-order valence-electron chi connectivity index (χ0n) is 20.5. The number of ether oxygens (including phenoxy) is 1. The molecule has 1 aliphatic heterocycles. The van der Waals surface area contributed by atoms with Crippen molar-refractivity contribution in [1.82, 2.24) is 10.2 Å². The van der Waals surface area contributed by atoms with E-state index in [0.29, 0.717) is 5.69 Å². The molecule has 2 heterocycles. The van der Waals surface area contributed by atoms with Crippen molar-refractivity contribution in [3.05, 3.63) is 83.0 Å². The maximum Gasteiger partial charge on any atom is 0.573 e. The van der Waals surface area contributed by atoms with Crippen LogP contribution >= 0.6 is 0 Å². The predicted molar refractivity (Wildman–Crippen MR) is 128 cm³/mol. The first-order valence-corrected chi connectivity index (χ1v) is 11.4. The number of rotatable bonds is 5. The molecule has 3 aromatic rings. The lowest BCUT2D eigenvalue weighted by Crippen LogP contribution is -2.31. The number of benzene rings is 2. The normalized spacial score (nSPS) is 18.3. The van der Waals surface area contributed by atoms with E-state index in [1.54, 1.807) is 37.3 Å². The Kier molecular flexibility index (Phi) is 6.62. The van der Waals surface area contributed by atoms with Gasteiger partial charge in [-0.1, -0.05) is 57.2 Å². The summed E-state index contributed by atoms with van der Waals surface area (Å²) in [5.41, 5.74) is 1.88. The highest BCUT2D eigenvalue weighted by Gasteiger charge is 2.53. The molecule has 192 valence electrons. The van der Waals surface area contributed by atoms with Crippen molar-refractivity contribution in [3.63, 3.8) is 0 Å². The Morgan fingerprint density at radius 2 is 1.51 bits per heavy atom. The molecule has 1 aromatic heterocycles. The number of hydrogen-bond donors (Lipinski definition) is 0. The van der Waals surface area contributed by atoms with Crippen LogP contribution in [0.1, 0.15) is 54.0 Å². The largest absolute Gasteiger partial charge is 0.573 e. The van der Waals surface area contributed by atoms with Gasteiger partial charge >= 0.3 is 6.36 Å². The molecule has 2 unspecified atom stereocenters. The number of carbonyl (C=O) groups is 3. The molecule has 0 bridgehead atoms. The van der Waals surface area contributed by atoms with Crippen molar-refractivity contribution in [2.75, 3.05) is 4.90 Å². The molecule has 0 saturated carbocycles. The summed E-state index contributed by atoms with van der Waals surface area (Å²) in [6, 6.07) is 13.4. The number of Topliss-reactive ketones (excluding diaryl/α,β-unsaturated/α-hetero) is 2. The van der Waals surface area contributed by atoms with Gasteiger partial charge in [-0.25, -0.2) is 0 Å². The van der Waals surface area contributed by atoms with Crippen LogP contribution in [-0.2, 0) is 15.0 Å². The average molecular weight is 512 g/mol. The van der Waals surface area contributed by atoms with Gasteiger partial charge in [-0.05, 0) is 47.7 Å². The molecule has 4 rings (SSSR count). The van der Waals surface area contributed by atoms with E-state index in [0.717, 1.165) is 22.6 Å². The molecule has 0 spiro atoms. The summed E-state index contributed by atoms with van der Waals surface area (Å²) in [5, 5.41) is 7.95. The summed E-state index contributed by atoms with van der Waals surface area (Å²) < 4.78 is 41.8. The number of carbonyl (C=O) groups excluding carboxylic acids is 3. The Hall–Kier alpha value is -4.08. The van der Waals surface area contributed by atoms with Gasteiger partial charge in [0, 0.05) is 5.56 Å². The monoisotopic (exact) mass is 511 g/mol. The third-order valence-electron chi connectivity index (χ3n) is 6.11. The minimum absolute atomic E-state index is 0.0444. The second-order valence-electron chi connectivity index (χ2n) is 9.80. The highest BCUT2D eigenvalue weighted by Crippen LogP contribution is 2.41. The minimum Gasteiger partial charge on any atom is -0.406 e. The average Bonchev–Trinajstić information content (AvgIpc) is 3.08. The quantitative estimate of drug-likeness (QED) is 0.268. The molecule has 1 fully saturated rings. The number of aromatic nitrogens is 2. The molecule has 7 nitrogen and oxygen atoms in total. The highest BCUT2D eigenvalue weighted by molar-refractivity contribution is 6.48. The van der Waals surface area contributed by atoms with Crippen LogP contribution in [0.25, 0.3) is 0 Å². The molecule has 1 aliphatic rings. The number of nitrogens with zero attached hydrogens (tertiary/aromatic N) is 3. The molecule has 10 heteroatoms. The maximum absolute atomic E-state index is 13.6. The second-order valence-corrected chi connectivity index (χ2v) is 9.80. The molecule has 0 aliphatic carbocycles. The van der Waals surface area contributed by atoms with Gasteiger partial charge in [0.15, 0.2) is 11.6 Å². The van der Waals surface area contributed by atoms with Crippen LogP contribution in [0.3, 0.4) is 0 Å². The van der Waals surface area contributed by atoms with Gasteiger partial charge in [0.2, 0.25) is 5.78 Å². The van der Waals surface area contributed by atoms with E-state index in [1.807, 2.05) is 20.8 Å². The van der Waals surface area contributed by atoms with Gasteiger partial charge in [-0.2, -0.15) is 5.10 Å². The van der Waals surface area contributed by atoms with Crippen molar-refractivity contribution < 1.29 is 32.3 Å². The number of amides is 1. The topological polar surface area (TPSA) is 89.5 Å². The van der Waals surface area contributed by atoms with E-state index in [-0.39, 0.29) is 22.4 Å². The van der Waals surface area contributed by atoms with Crippen LogP contribution in [-0.4, -0.2) is 34.0 Å². The number of aryl methyl sites for hydroxylation is 1. The van der Waals surface area contributed by atoms with E-state index in [1.165, 1.54) is 18.2 Å². The Balaban J connectivity index is 1.78. The van der Waals surface area contributed by atoms with Crippen molar-refractivity contribution in [3.8, 4) is 5.75 Å². The van der Waals surface area contributed by atoms with Crippen LogP contribution < -0.4 is 9.64 Å². The molecule has 0 N–H and O–H groups in total. The highest BCUT2D eigenvalue weighted by atomic mass is 19.4. The number of halogens is 3. The summed E-state index contributed by atoms with van der Waals surface area (Å²) in [5.74, 6) is -4.35. The predicted octanol–water partition coefficient (Wildman–Crippen LogP) is 5.14. The summed E-state index contributed by atoms with van der Waals surface area (Å²) >= 11 is 0. The lowest BCUT2D eigenvalue weighted by atomic mass is 9.83. The van der Waals surface area contributed by atoms with E-state index in [9.17, 15) is 27.6 Å². The van der Waals surface area contributed by atoms with E-state index >= 15 is 0 Å². The van der Waals surface area contributed by atoms with Crippen LogP contribution in [0.15, 0.2) is 60.7 Å². The van der Waals surface area contributed by atoms with Crippen LogP contribution in [0.5, 0.6) is 5.75 Å². The van der Waals surface area contributed by atoms with E-state index in [4.69, 9.17) is 0 Å². The van der Waals surface area contributed by atoms with Gasteiger partial charge in [-0.3, -0.25) is 19.3 Å². The van der Waals surface area contributed by atoms with Crippen LogP contribution in [0.4, 0.5) is 19.0 Å².